The summed E-state index contributed by atoms with van der Waals surface area (Å²) in [5, 5.41) is 9.14. The van der Waals surface area contributed by atoms with E-state index in [4.69, 9.17) is 9.84 Å². The van der Waals surface area contributed by atoms with Gasteiger partial charge in [0.15, 0.2) is 0 Å². The van der Waals surface area contributed by atoms with E-state index >= 15 is 0 Å². The van der Waals surface area contributed by atoms with Gasteiger partial charge in [-0.3, -0.25) is 4.90 Å². The highest BCUT2D eigenvalue weighted by Crippen LogP contribution is 2.19. The number of hydrogen-bond donors (Lipinski definition) is 1. The van der Waals surface area contributed by atoms with Crippen LogP contribution in [0.25, 0.3) is 0 Å². The number of halogens is 1. The van der Waals surface area contributed by atoms with Crippen LogP contribution in [0.2, 0.25) is 0 Å². The van der Waals surface area contributed by atoms with Crippen LogP contribution in [0.1, 0.15) is 29.8 Å². The highest BCUT2D eigenvalue weighted by Gasteiger charge is 2.24. The van der Waals surface area contributed by atoms with Gasteiger partial charge in [0, 0.05) is 19.1 Å². The summed E-state index contributed by atoms with van der Waals surface area (Å²) in [6.45, 7) is 5.75. The van der Waals surface area contributed by atoms with E-state index in [1.807, 2.05) is 13.8 Å². The minimum Gasteiger partial charge on any atom is -0.478 e. The molecule has 1 fully saturated rings. The molecule has 1 aromatic rings. The second-order valence-corrected chi connectivity index (χ2v) is 5.03. The minimum absolute atomic E-state index is 0.109. The molecule has 1 aromatic carbocycles. The molecule has 104 valence electrons. The van der Waals surface area contributed by atoms with Crippen LogP contribution in [0.5, 0.6) is 0 Å². The van der Waals surface area contributed by atoms with Crippen molar-refractivity contribution in [3.63, 3.8) is 0 Å². The number of benzene rings is 1. The molecule has 1 aliphatic rings. The summed E-state index contributed by atoms with van der Waals surface area (Å²) in [7, 11) is 0. The van der Waals surface area contributed by atoms with Crippen LogP contribution < -0.4 is 0 Å². The highest BCUT2D eigenvalue weighted by atomic mass is 19.1. The van der Waals surface area contributed by atoms with Gasteiger partial charge >= 0.3 is 5.97 Å². The molecule has 4 nitrogen and oxygen atoms in total. The fourth-order valence-electron chi connectivity index (χ4n) is 2.31. The van der Waals surface area contributed by atoms with Crippen molar-refractivity contribution in [3.8, 4) is 0 Å². The van der Waals surface area contributed by atoms with Crippen molar-refractivity contribution in [3.05, 3.63) is 35.1 Å². The van der Waals surface area contributed by atoms with E-state index in [9.17, 15) is 9.18 Å². The normalized spacial score (nSPS) is 24.4. The molecule has 0 radical (unpaired) electrons. The van der Waals surface area contributed by atoms with E-state index in [1.165, 1.54) is 18.2 Å². The van der Waals surface area contributed by atoms with Gasteiger partial charge in [-0.1, -0.05) is 0 Å². The average Bonchev–Trinajstić information content (AvgIpc) is 2.33. The van der Waals surface area contributed by atoms with Crippen LogP contribution in [0, 0.1) is 5.82 Å². The van der Waals surface area contributed by atoms with E-state index in [-0.39, 0.29) is 17.7 Å². The smallest absolute Gasteiger partial charge is 0.336 e. The van der Waals surface area contributed by atoms with Crippen molar-refractivity contribution in [1.82, 2.24) is 4.90 Å². The van der Waals surface area contributed by atoms with E-state index in [1.54, 1.807) is 0 Å². The zero-order valence-electron chi connectivity index (χ0n) is 11.1. The molecule has 0 spiro atoms. The van der Waals surface area contributed by atoms with Gasteiger partial charge < -0.3 is 9.84 Å². The summed E-state index contributed by atoms with van der Waals surface area (Å²) in [5.41, 5.74) is 0.668. The zero-order valence-corrected chi connectivity index (χ0v) is 11.1. The van der Waals surface area contributed by atoms with Gasteiger partial charge in [0.1, 0.15) is 5.82 Å². The summed E-state index contributed by atoms with van der Waals surface area (Å²) >= 11 is 0. The van der Waals surface area contributed by atoms with Crippen molar-refractivity contribution in [2.45, 2.75) is 32.5 Å². The Kier molecular flexibility index (Phi) is 4.17. The Balaban J connectivity index is 2.22. The van der Waals surface area contributed by atoms with Crippen molar-refractivity contribution in [1.29, 1.82) is 0 Å². The third-order valence-corrected chi connectivity index (χ3v) is 3.41. The molecule has 1 saturated heterocycles. The number of ether oxygens (including phenoxy) is 1. The summed E-state index contributed by atoms with van der Waals surface area (Å²) < 4.78 is 18.8. The molecule has 0 amide bonds. The monoisotopic (exact) mass is 267 g/mol. The second kappa shape index (κ2) is 5.67. The van der Waals surface area contributed by atoms with Crippen molar-refractivity contribution >= 4 is 5.97 Å². The number of aromatic carboxylic acids is 1. The standard InChI is InChI=1S/C14H18FNO3/c1-9-8-19-10(2)6-16(9)7-11-5-12(15)3-4-13(11)14(17)18/h3-5,9-10H,6-8H2,1-2H3,(H,17,18). The van der Waals surface area contributed by atoms with Gasteiger partial charge in [-0.25, -0.2) is 9.18 Å². The van der Waals surface area contributed by atoms with E-state index in [0.717, 1.165) is 6.54 Å². The summed E-state index contributed by atoms with van der Waals surface area (Å²) in [6, 6.07) is 4.00. The first kappa shape index (κ1) is 14.0. The quantitative estimate of drug-likeness (QED) is 0.911. The Labute approximate surface area is 111 Å². The zero-order chi connectivity index (χ0) is 14.0. The molecule has 1 aliphatic heterocycles. The molecule has 2 unspecified atom stereocenters. The van der Waals surface area contributed by atoms with Crippen molar-refractivity contribution in [2.24, 2.45) is 0 Å². The Hall–Kier alpha value is -1.46. The van der Waals surface area contributed by atoms with Crippen LogP contribution in [-0.4, -0.2) is 41.3 Å². The van der Waals surface area contributed by atoms with Gasteiger partial charge in [0.25, 0.3) is 0 Å². The molecule has 2 atom stereocenters. The van der Waals surface area contributed by atoms with E-state index in [0.29, 0.717) is 18.7 Å². The third kappa shape index (κ3) is 3.30. The van der Waals surface area contributed by atoms with Crippen LogP contribution in [0.3, 0.4) is 0 Å². The SMILES string of the molecule is CC1CN(Cc2cc(F)ccc2C(=O)O)C(C)CO1. The lowest BCUT2D eigenvalue weighted by Gasteiger charge is -2.37. The Bertz CT molecular complexity index is 478. The fourth-order valence-corrected chi connectivity index (χ4v) is 2.31. The second-order valence-electron chi connectivity index (χ2n) is 5.03. The number of nitrogens with zero attached hydrogens (tertiary/aromatic N) is 1. The van der Waals surface area contributed by atoms with Gasteiger partial charge in [0.05, 0.1) is 18.3 Å². The maximum absolute atomic E-state index is 13.3. The first-order valence-corrected chi connectivity index (χ1v) is 6.34. The molecule has 1 N–H and O–H groups in total. The number of rotatable bonds is 3. The number of carboxylic acids is 1. The molecule has 0 aliphatic carbocycles. The van der Waals surface area contributed by atoms with Gasteiger partial charge in [0.2, 0.25) is 0 Å². The lowest BCUT2D eigenvalue weighted by molar-refractivity contribution is -0.0527. The molecule has 19 heavy (non-hydrogen) atoms. The Morgan fingerprint density at radius 1 is 1.53 bits per heavy atom. The average molecular weight is 267 g/mol. The molecule has 0 saturated carbocycles. The summed E-state index contributed by atoms with van der Waals surface area (Å²) in [5.74, 6) is -1.43. The van der Waals surface area contributed by atoms with E-state index < -0.39 is 11.8 Å². The molecule has 0 bridgehead atoms. The van der Waals surface area contributed by atoms with Gasteiger partial charge in [-0.15, -0.1) is 0 Å². The predicted octanol–water partition coefficient (Wildman–Crippen LogP) is 2.13. The molecule has 0 aromatic heterocycles. The first-order chi connectivity index (χ1) is 8.97. The number of carboxylic acid groups (broad SMARTS) is 1. The summed E-state index contributed by atoms with van der Waals surface area (Å²) in [6.07, 6.45) is 0.109. The first-order valence-electron chi connectivity index (χ1n) is 6.34. The van der Waals surface area contributed by atoms with E-state index in [2.05, 4.69) is 4.90 Å². The molecule has 5 heteroatoms. The Morgan fingerprint density at radius 2 is 2.26 bits per heavy atom. The number of carbonyl (C=O) groups is 1. The molecular weight excluding hydrogens is 249 g/mol. The largest absolute Gasteiger partial charge is 0.478 e. The van der Waals surface area contributed by atoms with Crippen LogP contribution in [0.15, 0.2) is 18.2 Å². The fraction of sp³-hybridized carbons (Fsp3) is 0.500. The van der Waals surface area contributed by atoms with Crippen molar-refractivity contribution in [2.75, 3.05) is 13.2 Å². The van der Waals surface area contributed by atoms with Crippen molar-refractivity contribution < 1.29 is 19.0 Å². The predicted molar refractivity (Wildman–Crippen MR) is 68.6 cm³/mol. The maximum atomic E-state index is 13.3. The minimum atomic E-state index is -1.02. The molecule has 2 rings (SSSR count). The Morgan fingerprint density at radius 3 is 2.95 bits per heavy atom. The molecular formula is C14H18FNO3. The highest BCUT2D eigenvalue weighted by molar-refractivity contribution is 5.89. The van der Waals surface area contributed by atoms with Gasteiger partial charge in [-0.05, 0) is 37.6 Å². The number of morpholine rings is 1. The summed E-state index contributed by atoms with van der Waals surface area (Å²) in [4.78, 5) is 13.3. The maximum Gasteiger partial charge on any atom is 0.336 e. The van der Waals surface area contributed by atoms with Crippen LogP contribution in [0.4, 0.5) is 4.39 Å². The van der Waals surface area contributed by atoms with Crippen LogP contribution in [-0.2, 0) is 11.3 Å². The molecule has 1 heterocycles. The van der Waals surface area contributed by atoms with Gasteiger partial charge in [-0.2, -0.15) is 0 Å². The topological polar surface area (TPSA) is 49.8 Å². The lowest BCUT2D eigenvalue weighted by Crippen LogP contribution is -2.46. The third-order valence-electron chi connectivity index (χ3n) is 3.41. The number of hydrogen-bond acceptors (Lipinski definition) is 3. The lowest BCUT2D eigenvalue weighted by atomic mass is 10.1. The van der Waals surface area contributed by atoms with Crippen LogP contribution >= 0.6 is 0 Å².